The summed E-state index contributed by atoms with van der Waals surface area (Å²) in [7, 11) is 1.71. The Labute approximate surface area is 161 Å². The minimum Gasteiger partial charge on any atom is -0.313 e. The lowest BCUT2D eigenvalue weighted by molar-refractivity contribution is -0.116. The number of rotatable bonds is 3. The summed E-state index contributed by atoms with van der Waals surface area (Å²) in [6.07, 6.45) is 5.17. The summed E-state index contributed by atoms with van der Waals surface area (Å²) in [5.41, 5.74) is 3.49. The van der Waals surface area contributed by atoms with E-state index in [0.717, 1.165) is 11.3 Å². The number of amides is 1. The molecule has 1 aliphatic rings. The van der Waals surface area contributed by atoms with Crippen LogP contribution in [0.4, 0.5) is 5.95 Å². The van der Waals surface area contributed by atoms with Gasteiger partial charge >= 0.3 is 0 Å². The molecule has 1 N–H and O–H groups in total. The number of nitrogens with one attached hydrogen (secondary N) is 1. The van der Waals surface area contributed by atoms with Crippen LogP contribution >= 0.6 is 0 Å². The minimum atomic E-state index is -0.197. The SMILES string of the molecule is C/C=C\C(=NC)c1nc2n(c1-c1ccc3nc[nH]c(=O)c3c1)CCN2C(C)=O. The third kappa shape index (κ3) is 2.74. The molecule has 2 aromatic heterocycles. The van der Waals surface area contributed by atoms with E-state index in [1.807, 2.05) is 41.8 Å². The first kappa shape index (κ1) is 17.8. The van der Waals surface area contributed by atoms with E-state index in [4.69, 9.17) is 4.98 Å². The highest BCUT2D eigenvalue weighted by Crippen LogP contribution is 2.34. The summed E-state index contributed by atoms with van der Waals surface area (Å²) in [5, 5.41) is 0.504. The molecule has 142 valence electrons. The number of aliphatic imine (C=N–C) groups is 1. The average Bonchev–Trinajstić information content (AvgIpc) is 3.25. The van der Waals surface area contributed by atoms with Crippen molar-refractivity contribution in [3.05, 3.63) is 52.7 Å². The fourth-order valence-corrected chi connectivity index (χ4v) is 3.56. The summed E-state index contributed by atoms with van der Waals surface area (Å²) >= 11 is 0. The van der Waals surface area contributed by atoms with Gasteiger partial charge in [0.05, 0.1) is 28.6 Å². The number of aromatic nitrogens is 4. The molecule has 28 heavy (non-hydrogen) atoms. The van der Waals surface area contributed by atoms with Crippen molar-refractivity contribution in [2.75, 3.05) is 18.5 Å². The third-order valence-electron chi connectivity index (χ3n) is 4.84. The zero-order valence-electron chi connectivity index (χ0n) is 15.9. The van der Waals surface area contributed by atoms with E-state index in [0.29, 0.717) is 41.3 Å². The number of hydrogen-bond donors (Lipinski definition) is 1. The molecule has 8 heteroatoms. The molecule has 0 saturated heterocycles. The van der Waals surface area contributed by atoms with Crippen molar-refractivity contribution in [3.8, 4) is 11.3 Å². The van der Waals surface area contributed by atoms with Crippen molar-refractivity contribution < 1.29 is 4.79 Å². The Kier molecular flexibility index (Phi) is 4.38. The van der Waals surface area contributed by atoms with E-state index in [9.17, 15) is 9.59 Å². The molecule has 0 saturated carbocycles. The molecular weight excluding hydrogens is 356 g/mol. The van der Waals surface area contributed by atoms with Gasteiger partial charge in [0.25, 0.3) is 5.56 Å². The predicted octanol–water partition coefficient (Wildman–Crippen LogP) is 2.15. The number of nitrogens with zero attached hydrogens (tertiary/aromatic N) is 5. The van der Waals surface area contributed by atoms with Gasteiger partial charge < -0.3 is 9.55 Å². The molecule has 8 nitrogen and oxygen atoms in total. The number of aromatic amines is 1. The molecule has 0 radical (unpaired) electrons. The van der Waals surface area contributed by atoms with E-state index in [1.54, 1.807) is 11.9 Å². The Balaban J connectivity index is 2.00. The number of H-pyrrole nitrogens is 1. The van der Waals surface area contributed by atoms with Gasteiger partial charge in [-0.2, -0.15) is 0 Å². The van der Waals surface area contributed by atoms with Crippen molar-refractivity contribution in [2.45, 2.75) is 20.4 Å². The highest BCUT2D eigenvalue weighted by molar-refractivity contribution is 6.12. The number of anilines is 1. The topological polar surface area (TPSA) is 96.2 Å². The fourth-order valence-electron chi connectivity index (χ4n) is 3.56. The molecule has 3 heterocycles. The molecule has 1 aromatic carbocycles. The Morgan fingerprint density at radius 1 is 1.32 bits per heavy atom. The van der Waals surface area contributed by atoms with Crippen LogP contribution in [0.5, 0.6) is 0 Å². The second-order valence-corrected chi connectivity index (χ2v) is 6.50. The molecule has 1 aliphatic heterocycles. The normalized spacial score (nSPS) is 14.2. The Bertz CT molecular complexity index is 1200. The maximum atomic E-state index is 12.2. The first-order chi connectivity index (χ1) is 13.5. The van der Waals surface area contributed by atoms with Crippen LogP contribution in [-0.2, 0) is 11.3 Å². The van der Waals surface area contributed by atoms with Crippen molar-refractivity contribution in [1.29, 1.82) is 0 Å². The number of carbonyl (C=O) groups excluding carboxylic acids is 1. The third-order valence-corrected chi connectivity index (χ3v) is 4.84. The second-order valence-electron chi connectivity index (χ2n) is 6.50. The number of allylic oxidation sites excluding steroid dienone is 2. The lowest BCUT2D eigenvalue weighted by atomic mass is 10.0. The van der Waals surface area contributed by atoms with Gasteiger partial charge in [0, 0.05) is 32.6 Å². The molecule has 3 aromatic rings. The highest BCUT2D eigenvalue weighted by atomic mass is 16.2. The summed E-state index contributed by atoms with van der Waals surface area (Å²) in [6, 6.07) is 5.55. The Morgan fingerprint density at radius 2 is 2.14 bits per heavy atom. The van der Waals surface area contributed by atoms with E-state index >= 15 is 0 Å². The second kappa shape index (κ2) is 6.88. The molecule has 0 atom stereocenters. The molecule has 0 aliphatic carbocycles. The van der Waals surface area contributed by atoms with Crippen molar-refractivity contribution in [2.24, 2.45) is 4.99 Å². The Morgan fingerprint density at radius 3 is 2.86 bits per heavy atom. The lowest BCUT2D eigenvalue weighted by Crippen LogP contribution is -2.26. The zero-order chi connectivity index (χ0) is 19.8. The molecule has 0 unspecified atom stereocenters. The predicted molar refractivity (Wildman–Crippen MR) is 109 cm³/mol. The average molecular weight is 376 g/mol. The molecule has 0 spiro atoms. The van der Waals surface area contributed by atoms with Crippen molar-refractivity contribution >= 4 is 28.5 Å². The number of imidazole rings is 1. The van der Waals surface area contributed by atoms with Gasteiger partial charge in [-0.15, -0.1) is 0 Å². The van der Waals surface area contributed by atoms with Gasteiger partial charge in [-0.25, -0.2) is 9.97 Å². The first-order valence-corrected chi connectivity index (χ1v) is 9.01. The van der Waals surface area contributed by atoms with E-state index in [1.165, 1.54) is 13.3 Å². The highest BCUT2D eigenvalue weighted by Gasteiger charge is 2.30. The smallest absolute Gasteiger partial charge is 0.258 e. The quantitative estimate of drug-likeness (QED) is 0.709. The molecule has 4 rings (SSSR count). The van der Waals surface area contributed by atoms with Crippen molar-refractivity contribution in [3.63, 3.8) is 0 Å². The van der Waals surface area contributed by atoms with Gasteiger partial charge in [0.1, 0.15) is 5.69 Å². The van der Waals surface area contributed by atoms with Gasteiger partial charge in [-0.05, 0) is 25.1 Å². The summed E-state index contributed by atoms with van der Waals surface area (Å²) in [6.45, 7) is 4.65. The number of carbonyl (C=O) groups is 1. The molecular formula is C20H20N6O2. The van der Waals surface area contributed by atoms with E-state index in [2.05, 4.69) is 15.0 Å². The van der Waals surface area contributed by atoms with E-state index < -0.39 is 0 Å². The van der Waals surface area contributed by atoms with Gasteiger partial charge in [0.2, 0.25) is 11.9 Å². The Hall–Kier alpha value is -3.55. The first-order valence-electron chi connectivity index (χ1n) is 9.01. The molecule has 1 amide bonds. The van der Waals surface area contributed by atoms with Gasteiger partial charge in [-0.3, -0.25) is 19.5 Å². The van der Waals surface area contributed by atoms with Crippen LogP contribution in [0.1, 0.15) is 19.5 Å². The van der Waals surface area contributed by atoms with Crippen LogP contribution < -0.4 is 10.5 Å². The van der Waals surface area contributed by atoms with Crippen LogP contribution in [0, 0.1) is 0 Å². The monoisotopic (exact) mass is 376 g/mol. The largest absolute Gasteiger partial charge is 0.313 e. The number of benzene rings is 1. The van der Waals surface area contributed by atoms with Crippen LogP contribution in [0.2, 0.25) is 0 Å². The number of fused-ring (bicyclic) bond motifs is 2. The number of hydrogen-bond acceptors (Lipinski definition) is 5. The molecule has 0 bridgehead atoms. The van der Waals surface area contributed by atoms with Crippen LogP contribution in [0.25, 0.3) is 22.2 Å². The fraction of sp³-hybridized carbons (Fsp3) is 0.250. The van der Waals surface area contributed by atoms with Crippen LogP contribution in [-0.4, -0.2) is 44.7 Å². The van der Waals surface area contributed by atoms with E-state index in [-0.39, 0.29) is 11.5 Å². The summed E-state index contributed by atoms with van der Waals surface area (Å²) < 4.78 is 2.01. The van der Waals surface area contributed by atoms with Crippen LogP contribution in [0.3, 0.4) is 0 Å². The zero-order valence-corrected chi connectivity index (χ0v) is 15.9. The van der Waals surface area contributed by atoms with Gasteiger partial charge in [-0.1, -0.05) is 12.1 Å². The molecule has 0 fully saturated rings. The van der Waals surface area contributed by atoms with Gasteiger partial charge in [0.15, 0.2) is 0 Å². The maximum Gasteiger partial charge on any atom is 0.258 e. The van der Waals surface area contributed by atoms with Crippen LogP contribution in [0.15, 0.2) is 46.5 Å². The lowest BCUT2D eigenvalue weighted by Gasteiger charge is -2.09. The maximum absolute atomic E-state index is 12.2. The summed E-state index contributed by atoms with van der Waals surface area (Å²) in [4.78, 5) is 41.9. The van der Waals surface area contributed by atoms with Crippen molar-refractivity contribution in [1.82, 2.24) is 19.5 Å². The summed E-state index contributed by atoms with van der Waals surface area (Å²) in [5.74, 6) is 0.547. The minimum absolute atomic E-state index is 0.0537. The standard InChI is InChI=1S/C20H20N6O2/c1-4-5-16(21-3)17-18(26-9-8-25(12(2)27)20(26)24-17)13-6-7-15-14(10-13)19(28)23-11-22-15/h4-7,10-11H,8-9H2,1-3H3,(H,22,23,28)/b5-4-,21-16?.